The molecule has 0 aliphatic carbocycles. The first-order valence-electron chi connectivity index (χ1n) is 8.52. The van der Waals surface area contributed by atoms with Crippen molar-refractivity contribution in [1.29, 1.82) is 0 Å². The summed E-state index contributed by atoms with van der Waals surface area (Å²) in [5, 5.41) is 12.3. The van der Waals surface area contributed by atoms with E-state index in [1.54, 1.807) is 19.1 Å². The first kappa shape index (κ1) is 19.2. The van der Waals surface area contributed by atoms with E-state index < -0.39 is 0 Å². The SMILES string of the molecule is C=CC(=O)N1Cc2cnn(Cc3cc(OC)c4c(NC)noc4c3)c2C1.C=O. The fourth-order valence-electron chi connectivity index (χ4n) is 3.31. The average Bonchev–Trinajstić information content (AvgIpc) is 3.43. The summed E-state index contributed by atoms with van der Waals surface area (Å²) >= 11 is 0. The van der Waals surface area contributed by atoms with E-state index in [9.17, 15) is 4.79 Å². The fraction of sp³-hybridized carbons (Fsp3) is 0.263. The molecule has 146 valence electrons. The molecule has 0 unspecified atom stereocenters. The zero-order valence-corrected chi connectivity index (χ0v) is 15.8. The van der Waals surface area contributed by atoms with Crippen LogP contribution in [0.5, 0.6) is 5.75 Å². The van der Waals surface area contributed by atoms with Crippen molar-refractivity contribution in [2.75, 3.05) is 19.5 Å². The summed E-state index contributed by atoms with van der Waals surface area (Å²) in [5.41, 5.74) is 3.72. The molecule has 0 atom stereocenters. The molecule has 2 aromatic heterocycles. The summed E-state index contributed by atoms with van der Waals surface area (Å²) in [6.07, 6.45) is 3.15. The van der Waals surface area contributed by atoms with Gasteiger partial charge in [0.2, 0.25) is 5.91 Å². The molecule has 3 heterocycles. The minimum Gasteiger partial charge on any atom is -0.496 e. The normalized spacial score (nSPS) is 12.3. The van der Waals surface area contributed by atoms with Crippen molar-refractivity contribution in [3.05, 3.63) is 47.8 Å². The highest BCUT2D eigenvalue weighted by Crippen LogP contribution is 2.34. The minimum absolute atomic E-state index is 0.0721. The molecule has 3 aromatic rings. The van der Waals surface area contributed by atoms with Gasteiger partial charge in [-0.1, -0.05) is 11.7 Å². The Morgan fingerprint density at radius 2 is 2.18 bits per heavy atom. The topological polar surface area (TPSA) is 102 Å². The van der Waals surface area contributed by atoms with Crippen molar-refractivity contribution in [3.8, 4) is 5.75 Å². The second kappa shape index (κ2) is 7.95. The van der Waals surface area contributed by atoms with Gasteiger partial charge in [-0.2, -0.15) is 5.10 Å². The van der Waals surface area contributed by atoms with Crippen LogP contribution in [0.3, 0.4) is 0 Å². The smallest absolute Gasteiger partial charge is 0.246 e. The van der Waals surface area contributed by atoms with Gasteiger partial charge in [0.1, 0.15) is 17.9 Å². The largest absolute Gasteiger partial charge is 0.496 e. The first-order valence-corrected chi connectivity index (χ1v) is 8.52. The molecule has 1 aliphatic heterocycles. The highest BCUT2D eigenvalue weighted by atomic mass is 16.5. The van der Waals surface area contributed by atoms with Crippen LogP contribution in [0.4, 0.5) is 5.82 Å². The molecule has 0 saturated heterocycles. The number of hydrogen-bond donors (Lipinski definition) is 1. The Morgan fingerprint density at radius 1 is 1.39 bits per heavy atom. The second-order valence-electron chi connectivity index (χ2n) is 6.12. The Kier molecular flexibility index (Phi) is 5.44. The van der Waals surface area contributed by atoms with Gasteiger partial charge in [-0.3, -0.25) is 9.48 Å². The summed E-state index contributed by atoms with van der Waals surface area (Å²) in [5.74, 6) is 1.26. The third-order valence-corrected chi connectivity index (χ3v) is 4.61. The van der Waals surface area contributed by atoms with Gasteiger partial charge in [-0.25, -0.2) is 0 Å². The molecule has 4 rings (SSSR count). The van der Waals surface area contributed by atoms with Crippen LogP contribution in [0, 0.1) is 0 Å². The number of nitrogens with zero attached hydrogens (tertiary/aromatic N) is 4. The molecular formula is C19H21N5O4. The minimum atomic E-state index is -0.0721. The molecule has 9 nitrogen and oxygen atoms in total. The predicted octanol–water partition coefficient (Wildman–Crippen LogP) is 1.97. The van der Waals surface area contributed by atoms with Crippen molar-refractivity contribution in [2.45, 2.75) is 19.6 Å². The van der Waals surface area contributed by atoms with Crippen molar-refractivity contribution < 1.29 is 18.8 Å². The number of nitrogens with one attached hydrogen (secondary N) is 1. The Balaban J connectivity index is 0.00000109. The van der Waals surface area contributed by atoms with Crippen molar-refractivity contribution in [1.82, 2.24) is 19.8 Å². The molecule has 1 aromatic carbocycles. The summed E-state index contributed by atoms with van der Waals surface area (Å²) in [6, 6.07) is 3.89. The molecule has 0 fully saturated rings. The predicted molar refractivity (Wildman–Crippen MR) is 103 cm³/mol. The number of methoxy groups -OCH3 is 1. The maximum atomic E-state index is 11.8. The van der Waals surface area contributed by atoms with E-state index in [1.165, 1.54) is 6.08 Å². The highest BCUT2D eigenvalue weighted by Gasteiger charge is 2.26. The van der Waals surface area contributed by atoms with E-state index in [1.807, 2.05) is 29.8 Å². The number of amides is 1. The zero-order chi connectivity index (χ0) is 20.3. The number of anilines is 1. The van der Waals surface area contributed by atoms with Crippen molar-refractivity contribution in [2.24, 2.45) is 0 Å². The van der Waals surface area contributed by atoms with Crippen LogP contribution < -0.4 is 10.1 Å². The van der Waals surface area contributed by atoms with Crippen LogP contribution in [0.1, 0.15) is 16.8 Å². The number of carbonyl (C=O) groups excluding carboxylic acids is 2. The Bertz CT molecular complexity index is 1020. The van der Waals surface area contributed by atoms with Crippen LogP contribution in [0.2, 0.25) is 0 Å². The van der Waals surface area contributed by atoms with Gasteiger partial charge in [0, 0.05) is 19.2 Å². The third kappa shape index (κ3) is 3.22. The Labute approximate surface area is 161 Å². The summed E-state index contributed by atoms with van der Waals surface area (Å²) in [6.45, 7) is 7.20. The molecule has 28 heavy (non-hydrogen) atoms. The maximum Gasteiger partial charge on any atom is 0.246 e. The number of rotatable bonds is 5. The van der Waals surface area contributed by atoms with Crippen molar-refractivity contribution in [3.63, 3.8) is 0 Å². The van der Waals surface area contributed by atoms with Gasteiger partial charge in [-0.15, -0.1) is 0 Å². The Hall–Kier alpha value is -3.62. The van der Waals surface area contributed by atoms with Gasteiger partial charge in [0.15, 0.2) is 11.4 Å². The first-order chi connectivity index (χ1) is 13.6. The van der Waals surface area contributed by atoms with Crippen LogP contribution in [-0.2, 0) is 29.2 Å². The molecule has 0 bridgehead atoms. The molecule has 9 heteroatoms. The van der Waals surface area contributed by atoms with Crippen LogP contribution in [-0.4, -0.2) is 46.7 Å². The standard InChI is InChI=1S/C18H19N5O3.CH2O/c1-4-16(24)22-9-12-7-20-23(13(12)10-22)8-11-5-14(25-3)17-15(6-11)26-21-18(17)19-2;1-2/h4-7H,1,8-10H2,2-3H3,(H,19,21);1H2. The molecule has 0 spiro atoms. The fourth-order valence-corrected chi connectivity index (χ4v) is 3.31. The maximum absolute atomic E-state index is 11.8. The number of ether oxygens (including phenoxy) is 1. The number of hydrogen-bond acceptors (Lipinski definition) is 7. The molecular weight excluding hydrogens is 362 g/mol. The number of benzene rings is 1. The summed E-state index contributed by atoms with van der Waals surface area (Å²) < 4.78 is 12.8. The monoisotopic (exact) mass is 383 g/mol. The van der Waals surface area contributed by atoms with Gasteiger partial charge < -0.3 is 24.3 Å². The van der Waals surface area contributed by atoms with Gasteiger partial charge >= 0.3 is 0 Å². The van der Waals surface area contributed by atoms with E-state index in [0.717, 1.165) is 22.2 Å². The van der Waals surface area contributed by atoms with E-state index in [2.05, 4.69) is 22.2 Å². The summed E-state index contributed by atoms with van der Waals surface area (Å²) in [7, 11) is 3.41. The zero-order valence-electron chi connectivity index (χ0n) is 15.8. The van der Waals surface area contributed by atoms with E-state index in [4.69, 9.17) is 14.1 Å². The molecule has 0 radical (unpaired) electrons. The second-order valence-corrected chi connectivity index (χ2v) is 6.12. The molecule has 1 N–H and O–H groups in total. The number of carbonyl (C=O) groups is 2. The van der Waals surface area contributed by atoms with Gasteiger partial charge in [0.25, 0.3) is 0 Å². The van der Waals surface area contributed by atoms with E-state index in [0.29, 0.717) is 36.8 Å². The number of aromatic nitrogens is 3. The molecule has 1 amide bonds. The van der Waals surface area contributed by atoms with Crippen molar-refractivity contribution >= 4 is 29.5 Å². The van der Waals surface area contributed by atoms with Crippen LogP contribution in [0.15, 0.2) is 35.5 Å². The van der Waals surface area contributed by atoms with E-state index >= 15 is 0 Å². The van der Waals surface area contributed by atoms with Gasteiger partial charge in [-0.05, 0) is 23.8 Å². The van der Waals surface area contributed by atoms with Gasteiger partial charge in [0.05, 0.1) is 32.1 Å². The summed E-state index contributed by atoms with van der Waals surface area (Å²) in [4.78, 5) is 21.6. The molecule has 1 aliphatic rings. The van der Waals surface area contributed by atoms with Crippen LogP contribution >= 0.6 is 0 Å². The van der Waals surface area contributed by atoms with E-state index in [-0.39, 0.29) is 5.91 Å². The highest BCUT2D eigenvalue weighted by molar-refractivity contribution is 5.94. The number of fused-ring (bicyclic) bond motifs is 2. The average molecular weight is 383 g/mol. The Morgan fingerprint density at radius 3 is 2.86 bits per heavy atom. The third-order valence-electron chi connectivity index (χ3n) is 4.61. The quantitative estimate of drug-likeness (QED) is 0.672. The van der Waals surface area contributed by atoms with Crippen LogP contribution in [0.25, 0.3) is 11.0 Å². The lowest BCUT2D eigenvalue weighted by molar-refractivity contribution is -0.126. The molecule has 0 saturated carbocycles. The lowest BCUT2D eigenvalue weighted by atomic mass is 10.1. The lowest BCUT2D eigenvalue weighted by Crippen LogP contribution is -2.24. The lowest BCUT2D eigenvalue weighted by Gasteiger charge is -2.14.